The van der Waals surface area contributed by atoms with Gasteiger partial charge < -0.3 is 18.5 Å². The molecule has 1 aromatic carbocycles. The highest BCUT2D eigenvalue weighted by Gasteiger charge is 2.68. The molecule has 8 nitrogen and oxygen atoms in total. The number of H-pyrrole nitrogens is 1. The Bertz CT molecular complexity index is 1670. The lowest BCUT2D eigenvalue weighted by atomic mass is 9.34. The number of hydrogen-bond donors (Lipinski definition) is 1. The van der Waals surface area contributed by atoms with Crippen molar-refractivity contribution in [1.82, 2.24) is 15.3 Å². The Kier molecular flexibility index (Phi) is 5.73. The fourth-order valence-corrected chi connectivity index (χ4v) is 7.94. The van der Waals surface area contributed by atoms with Gasteiger partial charge in [0.05, 0.1) is 18.8 Å². The molecule has 11 heteroatoms. The lowest BCUT2D eigenvalue weighted by Crippen LogP contribution is -2.67. The maximum absolute atomic E-state index is 13.1. The van der Waals surface area contributed by atoms with Crippen LogP contribution in [0.15, 0.2) is 62.5 Å². The first kappa shape index (κ1) is 25.8. The molecule has 0 spiro atoms. The van der Waals surface area contributed by atoms with Gasteiger partial charge in [0.15, 0.2) is 5.76 Å². The van der Waals surface area contributed by atoms with Crippen LogP contribution in [0.4, 0.5) is 13.2 Å². The number of para-hydroxylation sites is 1. The maximum atomic E-state index is 13.1. The minimum absolute atomic E-state index is 0.0675. The van der Waals surface area contributed by atoms with Crippen LogP contribution < -0.4 is 10.3 Å². The molecular weight excluding hydrogens is 551 g/mol. The summed E-state index contributed by atoms with van der Waals surface area (Å²) in [6, 6.07) is 11.5. The third kappa shape index (κ3) is 4.28. The lowest BCUT2D eigenvalue weighted by Gasteiger charge is -2.70. The Morgan fingerprint density at radius 3 is 2.52 bits per heavy atom. The van der Waals surface area contributed by atoms with Crippen LogP contribution in [0.2, 0.25) is 0 Å². The maximum Gasteiger partial charge on any atom is 0.573 e. The van der Waals surface area contributed by atoms with E-state index >= 15 is 0 Å². The van der Waals surface area contributed by atoms with Gasteiger partial charge in [-0.15, -0.1) is 13.2 Å². The molecule has 218 valence electrons. The molecule has 4 aliphatic carbocycles. The molecule has 0 radical (unpaired) electrons. The van der Waals surface area contributed by atoms with E-state index in [9.17, 15) is 18.0 Å². The summed E-state index contributed by atoms with van der Waals surface area (Å²) in [6.07, 6.45) is 2.98. The van der Waals surface area contributed by atoms with Crippen molar-refractivity contribution in [3.8, 4) is 28.3 Å². The van der Waals surface area contributed by atoms with Crippen LogP contribution in [0.3, 0.4) is 0 Å². The van der Waals surface area contributed by atoms with Gasteiger partial charge in [-0.05, 0) is 80.5 Å². The molecule has 4 aliphatic rings. The topological polar surface area (TPSA) is 103 Å². The summed E-state index contributed by atoms with van der Waals surface area (Å²) < 4.78 is 61.0. The average Bonchev–Trinajstić information content (AvgIpc) is 3.55. The molecule has 5 atom stereocenters. The molecule has 0 aliphatic heterocycles. The van der Waals surface area contributed by atoms with E-state index in [0.29, 0.717) is 35.0 Å². The predicted molar refractivity (Wildman–Crippen MR) is 142 cm³/mol. The van der Waals surface area contributed by atoms with E-state index in [1.807, 2.05) is 6.07 Å². The van der Waals surface area contributed by atoms with Gasteiger partial charge in [-0.25, -0.2) is 0 Å². The second-order valence-corrected chi connectivity index (χ2v) is 12.2. The number of nitrogens with one attached hydrogen (secondary N) is 1. The van der Waals surface area contributed by atoms with Crippen molar-refractivity contribution < 1.29 is 31.7 Å². The molecule has 3 aromatic heterocycles. The summed E-state index contributed by atoms with van der Waals surface area (Å²) in [4.78, 5) is 16.2. The minimum atomic E-state index is -4.81. The van der Waals surface area contributed by atoms with Gasteiger partial charge >= 0.3 is 6.36 Å². The molecule has 0 bridgehead atoms. The summed E-state index contributed by atoms with van der Waals surface area (Å²) in [6.45, 7) is 0.239. The van der Waals surface area contributed by atoms with Crippen LogP contribution in [0.5, 0.6) is 5.75 Å². The second-order valence-electron chi connectivity index (χ2n) is 12.2. The summed E-state index contributed by atoms with van der Waals surface area (Å²) in [7, 11) is 0. The van der Waals surface area contributed by atoms with Crippen LogP contribution in [0.1, 0.15) is 61.5 Å². The number of pyridine rings is 1. The molecule has 1 N–H and O–H groups in total. The summed E-state index contributed by atoms with van der Waals surface area (Å²) in [5.74, 6) is 2.80. The van der Waals surface area contributed by atoms with Gasteiger partial charge in [0.2, 0.25) is 0 Å². The standard InChI is InChI=1S/C31H28F3N3O5/c32-31(33,34)40-23-4-2-1-3-21(23)28-22(29(42-37-28)16-5-6-16)15-39-20-9-18-12-30(13-19(10-20)27(18)30)25-8-7-17(14-35-25)24-11-26(38)36-41-24/h1-4,7-8,11,14,16,18-20,27H,5-6,9-10,12-13,15H2,(H,36,38)/t18-,19+,20-,27?,30?. The summed E-state index contributed by atoms with van der Waals surface area (Å²) in [5.41, 5.74) is 3.02. The Balaban J connectivity index is 0.963. The third-order valence-electron chi connectivity index (χ3n) is 9.72. The first-order valence-corrected chi connectivity index (χ1v) is 14.4. The van der Waals surface area contributed by atoms with E-state index in [1.54, 1.807) is 18.3 Å². The molecule has 0 saturated heterocycles. The number of ether oxygens (including phenoxy) is 2. The molecular formula is C31H28F3N3O5. The highest BCUT2D eigenvalue weighted by atomic mass is 19.4. The average molecular weight is 580 g/mol. The number of alkyl halides is 3. The van der Waals surface area contributed by atoms with E-state index in [1.165, 1.54) is 18.2 Å². The van der Waals surface area contributed by atoms with Gasteiger partial charge in [0, 0.05) is 39.9 Å². The highest BCUT2D eigenvalue weighted by molar-refractivity contribution is 5.70. The monoisotopic (exact) mass is 579 g/mol. The van der Waals surface area contributed by atoms with Crippen molar-refractivity contribution in [2.24, 2.45) is 17.8 Å². The van der Waals surface area contributed by atoms with Gasteiger partial charge in [0.25, 0.3) is 5.56 Å². The van der Waals surface area contributed by atoms with Gasteiger partial charge in [-0.3, -0.25) is 9.78 Å². The van der Waals surface area contributed by atoms with E-state index in [4.69, 9.17) is 18.8 Å². The van der Waals surface area contributed by atoms with Gasteiger partial charge in [0.1, 0.15) is 17.2 Å². The van der Waals surface area contributed by atoms with Crippen molar-refractivity contribution in [1.29, 1.82) is 0 Å². The van der Waals surface area contributed by atoms with E-state index in [0.717, 1.165) is 55.3 Å². The second kappa shape index (κ2) is 9.32. The molecule has 0 amide bonds. The summed E-state index contributed by atoms with van der Waals surface area (Å²) in [5, 5.41) is 6.51. The smallest absolute Gasteiger partial charge is 0.405 e. The normalized spacial score (nSPS) is 28.1. The number of nitrogens with zero attached hydrogens (tertiary/aromatic N) is 2. The van der Waals surface area contributed by atoms with Crippen LogP contribution in [-0.2, 0) is 16.8 Å². The number of aromatic amines is 1. The molecule has 4 aromatic rings. The van der Waals surface area contributed by atoms with Crippen molar-refractivity contribution in [2.75, 3.05) is 0 Å². The highest BCUT2D eigenvalue weighted by Crippen LogP contribution is 2.71. The number of rotatable bonds is 8. The third-order valence-corrected chi connectivity index (χ3v) is 9.72. The molecule has 4 saturated carbocycles. The molecule has 2 unspecified atom stereocenters. The minimum Gasteiger partial charge on any atom is -0.405 e. The molecule has 3 heterocycles. The molecule has 8 rings (SSSR count). The molecule has 42 heavy (non-hydrogen) atoms. The number of halogens is 3. The van der Waals surface area contributed by atoms with E-state index in [2.05, 4.69) is 21.1 Å². The van der Waals surface area contributed by atoms with Crippen molar-refractivity contribution in [2.45, 2.75) is 68.9 Å². The van der Waals surface area contributed by atoms with Crippen molar-refractivity contribution in [3.05, 3.63) is 76.0 Å². The largest absolute Gasteiger partial charge is 0.573 e. The van der Waals surface area contributed by atoms with E-state index in [-0.39, 0.29) is 40.9 Å². The van der Waals surface area contributed by atoms with Gasteiger partial charge in [-0.1, -0.05) is 17.3 Å². The zero-order valence-corrected chi connectivity index (χ0v) is 22.5. The number of aromatic nitrogens is 3. The Morgan fingerprint density at radius 1 is 1.07 bits per heavy atom. The quantitative estimate of drug-likeness (QED) is 0.247. The zero-order valence-electron chi connectivity index (χ0n) is 22.5. The lowest BCUT2D eigenvalue weighted by molar-refractivity contribution is -0.274. The van der Waals surface area contributed by atoms with Crippen LogP contribution in [-0.4, -0.2) is 27.8 Å². The number of hydrogen-bond acceptors (Lipinski definition) is 7. The first-order valence-electron chi connectivity index (χ1n) is 14.4. The first-order chi connectivity index (χ1) is 20.3. The zero-order chi connectivity index (χ0) is 28.6. The Labute approximate surface area is 238 Å². The molecule has 4 fully saturated rings. The van der Waals surface area contributed by atoms with Crippen molar-refractivity contribution >= 4 is 0 Å². The van der Waals surface area contributed by atoms with Crippen LogP contribution >= 0.6 is 0 Å². The SMILES string of the molecule is O=c1cc(-c2ccc(C34C[C@H]5C[C@@H](OCc6c(-c7ccccc7OC(F)(F)F)noc6C6CC6)C[C@@H](C3)C54)nc2)o[nH]1. The fraction of sp³-hybridized carbons (Fsp3) is 0.452. The van der Waals surface area contributed by atoms with E-state index < -0.39 is 6.36 Å². The summed E-state index contributed by atoms with van der Waals surface area (Å²) >= 11 is 0. The Hall–Kier alpha value is -3.86. The van der Waals surface area contributed by atoms with Crippen LogP contribution in [0.25, 0.3) is 22.6 Å². The predicted octanol–water partition coefficient (Wildman–Crippen LogP) is 6.73. The van der Waals surface area contributed by atoms with Crippen molar-refractivity contribution in [3.63, 3.8) is 0 Å². The van der Waals surface area contributed by atoms with Gasteiger partial charge in [-0.2, -0.15) is 5.16 Å². The Morgan fingerprint density at radius 2 is 1.86 bits per heavy atom. The van der Waals surface area contributed by atoms with Crippen LogP contribution in [0, 0.1) is 17.8 Å². The number of benzene rings is 1. The fourth-order valence-electron chi connectivity index (χ4n) is 7.94.